The minimum atomic E-state index is -1.23. The summed E-state index contributed by atoms with van der Waals surface area (Å²) in [7, 11) is 0. The smallest absolute Gasteiger partial charge is 0.323 e. The van der Waals surface area contributed by atoms with Crippen LogP contribution in [-0.2, 0) is 27.3 Å². The Kier molecular flexibility index (Phi) is 8.17. The first-order valence-corrected chi connectivity index (χ1v) is 15.8. The number of aromatic amines is 2. The van der Waals surface area contributed by atoms with Gasteiger partial charge in [-0.05, 0) is 80.5 Å². The highest BCUT2D eigenvalue weighted by Gasteiger charge is 2.35. The van der Waals surface area contributed by atoms with E-state index in [9.17, 15) is 24.9 Å². The minimum Gasteiger partial charge on any atom is -0.494 e. The molecule has 0 radical (unpaired) electrons. The van der Waals surface area contributed by atoms with E-state index in [0.29, 0.717) is 47.3 Å². The van der Waals surface area contributed by atoms with Gasteiger partial charge in [-0.1, -0.05) is 26.5 Å². The van der Waals surface area contributed by atoms with Crippen LogP contribution in [-0.4, -0.2) is 58.9 Å². The fourth-order valence-electron chi connectivity index (χ4n) is 7.16. The maximum Gasteiger partial charge on any atom is 0.323 e. The number of aromatic hydroxyl groups is 2. The van der Waals surface area contributed by atoms with Gasteiger partial charge in [-0.15, -0.1) is 0 Å². The number of hydrogen-bond acceptors (Lipinski definition) is 7. The van der Waals surface area contributed by atoms with E-state index in [2.05, 4.69) is 43.4 Å². The van der Waals surface area contributed by atoms with Crippen molar-refractivity contribution in [1.82, 2.24) is 24.5 Å². The molecule has 0 spiro atoms. The molecule has 47 heavy (non-hydrogen) atoms. The van der Waals surface area contributed by atoms with Crippen LogP contribution in [0, 0.1) is 20.8 Å². The summed E-state index contributed by atoms with van der Waals surface area (Å²) in [5.74, 6) is -2.42. The lowest BCUT2D eigenvalue weighted by Gasteiger charge is -2.20. The van der Waals surface area contributed by atoms with Gasteiger partial charge in [-0.3, -0.25) is 19.1 Å². The summed E-state index contributed by atoms with van der Waals surface area (Å²) in [5, 5.41) is 33.2. The maximum absolute atomic E-state index is 12.0. The average molecular weight is 638 g/mol. The van der Waals surface area contributed by atoms with Crippen LogP contribution in [0.15, 0.2) is 24.8 Å². The number of carbonyl (C=O) groups excluding carboxylic acids is 1. The highest BCUT2D eigenvalue weighted by atomic mass is 16.5. The van der Waals surface area contributed by atoms with E-state index in [1.165, 1.54) is 0 Å². The Morgan fingerprint density at radius 2 is 1.74 bits per heavy atom. The highest BCUT2D eigenvalue weighted by molar-refractivity contribution is 5.97. The first-order valence-electron chi connectivity index (χ1n) is 15.8. The second kappa shape index (κ2) is 12.1. The van der Waals surface area contributed by atoms with Crippen LogP contribution in [0.4, 0.5) is 0 Å². The number of carboxylic acids is 1. The quantitative estimate of drug-likeness (QED) is 0.0854. The first-order chi connectivity index (χ1) is 22.5. The Balaban J connectivity index is 1.85. The van der Waals surface area contributed by atoms with Crippen molar-refractivity contribution in [3.63, 3.8) is 0 Å². The van der Waals surface area contributed by atoms with Crippen LogP contribution in [0.5, 0.6) is 11.8 Å². The van der Waals surface area contributed by atoms with Crippen molar-refractivity contribution >= 4 is 51.5 Å². The summed E-state index contributed by atoms with van der Waals surface area (Å²) in [6.07, 6.45) is 3.71. The number of aliphatic carboxylic acids is 1. The van der Waals surface area contributed by atoms with Gasteiger partial charge in [0.05, 0.1) is 34.5 Å². The standard InChI is InChI=1S/C36H39N5O6/c1-7-21-17(3)24-12-26-19(5)23(10-9-11-47-16-42)33(39-26)32-34-31(35(45)41(36(32)46)15-30(43)44)20(6)27(40-34)14-29-22(8-2)18(4)25(38-29)13-28(21)37-24/h7,12-14,16,19,23,37-38,45-46H,1,8-11,15H2,2-6H3,(H,43,44)/t19-,23-/m0/s1. The van der Waals surface area contributed by atoms with Crippen LogP contribution < -0.4 is 0 Å². The summed E-state index contributed by atoms with van der Waals surface area (Å²) >= 11 is 0. The third kappa shape index (κ3) is 5.15. The molecule has 0 saturated carbocycles. The lowest BCUT2D eigenvalue weighted by molar-refractivity contribution is -0.138. The Bertz CT molecular complexity index is 2170. The molecule has 8 bridgehead atoms. The average Bonchev–Trinajstić information content (AvgIpc) is 3.71. The summed E-state index contributed by atoms with van der Waals surface area (Å²) in [6, 6.07) is 6.03. The summed E-state index contributed by atoms with van der Waals surface area (Å²) in [4.78, 5) is 40.1. The Hall–Kier alpha value is -5.32. The van der Waals surface area contributed by atoms with E-state index in [1.54, 1.807) is 0 Å². The lowest BCUT2D eigenvalue weighted by atomic mass is 9.86. The molecule has 0 amide bonds. The molecule has 3 aliphatic rings. The molecule has 11 heteroatoms. The highest BCUT2D eigenvalue weighted by Crippen LogP contribution is 2.49. The number of fused-ring (bicyclic) bond motifs is 8. The first kappa shape index (κ1) is 31.7. The molecule has 6 rings (SSSR count). The SMILES string of the molecule is C=Cc1c(C)c2cc3nc(c4c5nc(cc6[nH]c(cc1[nH]2)c(C)c6CC)c(C)c-5c(O)n(CC(=O)O)c4O)[C@@H](CCCOC=O)[C@@H]3C. The molecule has 6 heterocycles. The Morgan fingerprint density at radius 1 is 1.02 bits per heavy atom. The summed E-state index contributed by atoms with van der Waals surface area (Å²) in [6.45, 7) is 14.1. The van der Waals surface area contributed by atoms with Crippen molar-refractivity contribution in [2.24, 2.45) is 0 Å². The molecule has 3 aromatic heterocycles. The van der Waals surface area contributed by atoms with Gasteiger partial charge in [0.2, 0.25) is 11.8 Å². The van der Waals surface area contributed by atoms with E-state index in [-0.39, 0.29) is 29.7 Å². The zero-order valence-corrected chi connectivity index (χ0v) is 27.2. The third-order valence-electron chi connectivity index (χ3n) is 9.73. The van der Waals surface area contributed by atoms with E-state index in [4.69, 9.17) is 14.7 Å². The molecule has 0 saturated heterocycles. The number of carboxylic acid groups (broad SMARTS) is 1. The van der Waals surface area contributed by atoms with E-state index >= 15 is 0 Å². The van der Waals surface area contributed by atoms with E-state index < -0.39 is 18.4 Å². The zero-order chi connectivity index (χ0) is 33.7. The maximum atomic E-state index is 12.0. The van der Waals surface area contributed by atoms with Gasteiger partial charge in [0.15, 0.2) is 0 Å². The molecule has 0 aromatic carbocycles. The van der Waals surface area contributed by atoms with Crippen molar-refractivity contribution in [3.8, 4) is 23.0 Å². The molecule has 244 valence electrons. The number of ether oxygens (including phenoxy) is 1. The second-order valence-corrected chi connectivity index (χ2v) is 12.3. The lowest BCUT2D eigenvalue weighted by Crippen LogP contribution is -2.12. The topological polar surface area (TPSA) is 166 Å². The van der Waals surface area contributed by atoms with Crippen molar-refractivity contribution < 1.29 is 29.6 Å². The van der Waals surface area contributed by atoms with Gasteiger partial charge in [0.25, 0.3) is 6.47 Å². The molecule has 5 N–H and O–H groups in total. The molecular formula is C36H39N5O6. The second-order valence-electron chi connectivity index (χ2n) is 12.3. The number of rotatable bonds is 9. The molecule has 2 atom stereocenters. The van der Waals surface area contributed by atoms with Crippen molar-refractivity contribution in [2.45, 2.75) is 72.3 Å². The fourth-order valence-corrected chi connectivity index (χ4v) is 7.16. The van der Waals surface area contributed by atoms with E-state index in [0.717, 1.165) is 61.0 Å². The number of carbonyl (C=O) groups is 2. The van der Waals surface area contributed by atoms with Gasteiger partial charge in [-0.2, -0.15) is 0 Å². The van der Waals surface area contributed by atoms with Crippen LogP contribution in [0.2, 0.25) is 0 Å². The number of aryl methyl sites for hydroxylation is 4. The predicted octanol–water partition coefficient (Wildman–Crippen LogP) is 6.97. The fraction of sp³-hybridized carbons (Fsp3) is 0.333. The third-order valence-corrected chi connectivity index (χ3v) is 9.73. The molecule has 3 aliphatic heterocycles. The molecule has 0 fully saturated rings. The van der Waals surface area contributed by atoms with Gasteiger partial charge in [0, 0.05) is 45.2 Å². The minimum absolute atomic E-state index is 0.127. The predicted molar refractivity (Wildman–Crippen MR) is 181 cm³/mol. The number of aromatic nitrogens is 5. The largest absolute Gasteiger partial charge is 0.494 e. The monoisotopic (exact) mass is 637 g/mol. The molecule has 11 nitrogen and oxygen atoms in total. The van der Waals surface area contributed by atoms with Crippen LogP contribution >= 0.6 is 0 Å². The van der Waals surface area contributed by atoms with Crippen LogP contribution in [0.1, 0.15) is 77.7 Å². The zero-order valence-electron chi connectivity index (χ0n) is 27.2. The summed E-state index contributed by atoms with van der Waals surface area (Å²) < 4.78 is 5.98. The molecule has 3 aromatic rings. The Morgan fingerprint density at radius 3 is 2.43 bits per heavy atom. The number of hydrogen-bond donors (Lipinski definition) is 5. The van der Waals surface area contributed by atoms with Gasteiger partial charge in [0.1, 0.15) is 6.54 Å². The van der Waals surface area contributed by atoms with Gasteiger partial charge >= 0.3 is 5.97 Å². The van der Waals surface area contributed by atoms with Crippen molar-refractivity contribution in [3.05, 3.63) is 64.0 Å². The van der Waals surface area contributed by atoms with Gasteiger partial charge in [-0.25, -0.2) is 4.98 Å². The molecular weight excluding hydrogens is 598 g/mol. The van der Waals surface area contributed by atoms with Crippen LogP contribution in [0.3, 0.4) is 0 Å². The number of nitrogens with zero attached hydrogens (tertiary/aromatic N) is 3. The molecule has 0 aliphatic carbocycles. The van der Waals surface area contributed by atoms with Gasteiger partial charge < -0.3 is 30.0 Å². The number of pyridine rings is 1. The van der Waals surface area contributed by atoms with Crippen molar-refractivity contribution in [1.29, 1.82) is 0 Å². The van der Waals surface area contributed by atoms with E-state index in [1.807, 2.05) is 32.1 Å². The molecule has 0 unspecified atom stereocenters. The Labute approximate surface area is 271 Å². The van der Waals surface area contributed by atoms with Crippen molar-refractivity contribution in [2.75, 3.05) is 6.61 Å². The summed E-state index contributed by atoms with van der Waals surface area (Å²) in [5.41, 5.74) is 10.9. The number of H-pyrrole nitrogens is 2. The number of nitrogens with one attached hydrogen (secondary N) is 2. The normalized spacial score (nSPS) is 15.4. The van der Waals surface area contributed by atoms with Crippen LogP contribution in [0.25, 0.3) is 50.3 Å².